The van der Waals surface area contributed by atoms with Crippen molar-refractivity contribution >= 4 is 132 Å². The summed E-state index contributed by atoms with van der Waals surface area (Å²) in [6.45, 7) is 25.5. The molecule has 15 nitrogen and oxygen atoms in total. The van der Waals surface area contributed by atoms with Crippen molar-refractivity contribution in [2.24, 2.45) is 42.3 Å². The van der Waals surface area contributed by atoms with E-state index in [4.69, 9.17) is 26.5 Å². The molecular weight excluding hydrogens is 1640 g/mol. The Balaban J connectivity index is 0.000000103. The quantitative estimate of drug-likeness (QED) is 0.143. The van der Waals surface area contributed by atoms with Gasteiger partial charge in [0.1, 0.15) is 75.8 Å². The fraction of sp³-hybridized carbons (Fsp3) is 0.161. The van der Waals surface area contributed by atoms with Gasteiger partial charge in [0.2, 0.25) is 51.3 Å². The topological polar surface area (TPSA) is 141 Å². The van der Waals surface area contributed by atoms with Crippen molar-refractivity contribution in [3.05, 3.63) is 378 Å². The number of pyridine rings is 9. The van der Waals surface area contributed by atoms with Crippen molar-refractivity contribution < 1.29 is 53.9 Å². The van der Waals surface area contributed by atoms with Gasteiger partial charge in [-0.15, -0.1) is 0 Å². The normalized spacial score (nSPS) is 11.5. The smallest absolute Gasteiger partial charge is 0.227 e. The summed E-state index contributed by atoms with van der Waals surface area (Å²) in [5, 5.41) is 13.6. The lowest BCUT2D eigenvalue weighted by molar-refractivity contribution is -0.660. The first-order valence-corrected chi connectivity index (χ1v) is 45.3. The molecule has 0 saturated heterocycles. The van der Waals surface area contributed by atoms with Crippen molar-refractivity contribution in [3.63, 3.8) is 0 Å². The third kappa shape index (κ3) is 16.4. The van der Waals surface area contributed by atoms with Gasteiger partial charge in [-0.1, -0.05) is 141 Å². The Kier molecular flexibility index (Phi) is 23.3. The van der Waals surface area contributed by atoms with E-state index in [0.717, 1.165) is 128 Å². The van der Waals surface area contributed by atoms with E-state index in [1.165, 1.54) is 116 Å². The molecule has 0 amide bonds. The van der Waals surface area contributed by atoms with Crippen molar-refractivity contribution in [1.82, 2.24) is 15.0 Å². The first-order valence-electron chi connectivity index (χ1n) is 45.3. The van der Waals surface area contributed by atoms with Gasteiger partial charge >= 0.3 is 0 Å². The van der Waals surface area contributed by atoms with Crippen molar-refractivity contribution in [2.45, 2.75) is 89.0 Å². The molecule has 15 heteroatoms. The second-order valence-electron chi connectivity index (χ2n) is 35.5. The molecule has 0 aliphatic carbocycles. The lowest BCUT2D eigenvalue weighted by Crippen LogP contribution is -2.31. The summed E-state index contributed by atoms with van der Waals surface area (Å²) in [5.41, 5.74) is 37.6. The van der Waals surface area contributed by atoms with Crippen LogP contribution in [-0.4, -0.2) is 15.0 Å². The minimum Gasteiger partial charge on any atom is -0.455 e. The second kappa shape index (κ2) is 35.9. The molecule has 15 heterocycles. The van der Waals surface area contributed by atoms with Gasteiger partial charge in [0.15, 0.2) is 53.9 Å². The van der Waals surface area contributed by atoms with Gasteiger partial charge in [0, 0.05) is 155 Å². The third-order valence-corrected chi connectivity index (χ3v) is 25.8. The highest BCUT2D eigenvalue weighted by atomic mass is 16.4. The van der Waals surface area contributed by atoms with Gasteiger partial charge in [-0.05, 0) is 198 Å². The molecule has 0 saturated carbocycles. The van der Waals surface area contributed by atoms with E-state index in [0.29, 0.717) is 23.1 Å². The number of aryl methyl sites for hydroxylation is 16. The van der Waals surface area contributed by atoms with Gasteiger partial charge in [-0.25, -0.2) is 42.4 Å². The maximum atomic E-state index is 6.26. The van der Waals surface area contributed by atoms with Crippen LogP contribution in [0.15, 0.2) is 343 Å². The van der Waals surface area contributed by atoms with Gasteiger partial charge in [0.25, 0.3) is 0 Å². The lowest BCUT2D eigenvalue weighted by atomic mass is 9.97. The van der Waals surface area contributed by atoms with E-state index in [2.05, 4.69) is 391 Å². The summed E-state index contributed by atoms with van der Waals surface area (Å²) in [4.78, 5) is 13.4. The zero-order chi connectivity index (χ0) is 92.3. The van der Waals surface area contributed by atoms with Crippen molar-refractivity contribution in [2.75, 3.05) is 0 Å². The average Bonchev–Trinajstić information content (AvgIpc) is 1.48. The molecule has 0 aliphatic heterocycles. The molecule has 133 heavy (non-hydrogen) atoms. The van der Waals surface area contributed by atoms with Gasteiger partial charge in [0.05, 0.1) is 33.4 Å². The van der Waals surface area contributed by atoms with Crippen LogP contribution in [0.5, 0.6) is 0 Å². The molecule has 24 rings (SSSR count). The average molecular weight is 1750 g/mol. The second-order valence-corrected chi connectivity index (χ2v) is 35.5. The molecule has 0 fully saturated rings. The molecule has 0 atom stereocenters. The number of hydrogen-bond donors (Lipinski definition) is 0. The van der Waals surface area contributed by atoms with Crippen LogP contribution in [0, 0.1) is 69.2 Å². The summed E-state index contributed by atoms with van der Waals surface area (Å²) < 4.78 is 49.8. The number of rotatable bonds is 7. The van der Waals surface area contributed by atoms with Crippen LogP contribution in [0.1, 0.15) is 81.2 Å². The predicted octanol–water partition coefficient (Wildman–Crippen LogP) is 26.9. The highest BCUT2D eigenvalue weighted by Gasteiger charge is 2.29. The fourth-order valence-electron chi connectivity index (χ4n) is 18.6. The van der Waals surface area contributed by atoms with E-state index in [-0.39, 0.29) is 0 Å². The molecule has 24 aromatic rings. The summed E-state index contributed by atoms with van der Waals surface area (Å²) in [5.74, 6) is 0.500. The minimum atomic E-state index is 0.500. The Bertz CT molecular complexity index is 8340. The molecule has 9 aromatic carbocycles. The first kappa shape index (κ1) is 86.5. The minimum absolute atomic E-state index is 0.500. The summed E-state index contributed by atoms with van der Waals surface area (Å²) in [7, 11) is 12.4. The molecule has 0 unspecified atom stereocenters. The summed E-state index contributed by atoms with van der Waals surface area (Å²) >= 11 is 0. The number of fused-ring (bicyclic) bond motifs is 18. The predicted molar refractivity (Wildman–Crippen MR) is 537 cm³/mol. The Labute approximate surface area is 772 Å². The van der Waals surface area contributed by atoms with Crippen LogP contribution in [0.25, 0.3) is 200 Å². The first-order chi connectivity index (χ1) is 64.4. The fourth-order valence-corrected chi connectivity index (χ4v) is 18.6. The third-order valence-electron chi connectivity index (χ3n) is 25.8. The molecule has 0 radical (unpaired) electrons. The van der Waals surface area contributed by atoms with E-state index in [1.807, 2.05) is 86.6 Å². The molecule has 0 spiro atoms. The molecular formula is C118H107N9O6+6. The highest BCUT2D eigenvalue weighted by Crippen LogP contribution is 2.44. The van der Waals surface area contributed by atoms with Crippen LogP contribution in [0.4, 0.5) is 0 Å². The Morgan fingerprint density at radius 3 is 0.842 bits per heavy atom. The van der Waals surface area contributed by atoms with Gasteiger partial charge in [-0.3, -0.25) is 0 Å². The maximum Gasteiger partial charge on any atom is 0.227 e. The van der Waals surface area contributed by atoms with E-state index < -0.39 is 0 Å². The summed E-state index contributed by atoms with van der Waals surface area (Å²) in [6, 6.07) is 94.6. The largest absolute Gasteiger partial charge is 0.455 e. The molecule has 0 aliphatic rings. The highest BCUT2D eigenvalue weighted by molar-refractivity contribution is 6.14. The van der Waals surface area contributed by atoms with Crippen molar-refractivity contribution in [3.8, 4) is 67.5 Å². The van der Waals surface area contributed by atoms with Crippen LogP contribution in [0.2, 0.25) is 0 Å². The molecule has 654 valence electrons. The maximum absolute atomic E-state index is 6.26. The van der Waals surface area contributed by atoms with Gasteiger partial charge < -0.3 is 26.5 Å². The number of furan rings is 6. The van der Waals surface area contributed by atoms with Crippen LogP contribution in [0.3, 0.4) is 0 Å². The standard InChI is InChI=1S/C22H22NO.2C20H18NO.2C19H17N2O.C18H15N2O/c1-14(2)16-11-12-23(4)19(13-16)21-15(3)9-10-18-17-7-5-6-8-20(17)24-22(18)21;2*1-13-10-11-21(3)17(12-13)19-14(2)8-9-16-15-6-4-5-7-18(15)22-20(16)19;2*1-12-7-9-14-15-10-8-13(2)20-19(15)22-18(14)17(12)16-6-4-5-11-21(16)3;1-12-8-9-13-14-6-5-10-19-18(14)21-17(13)16(12)15-7-3-4-11-20(15)2/h5-14H,1-4H3;2*4-12H,1-3H3;2*4-11H,1-3H3;3-11H,1-2H3/q6*+1. The molecule has 0 bridgehead atoms. The number of benzene rings is 9. The Hall–Kier alpha value is -15.9. The molecule has 15 aromatic heterocycles. The lowest BCUT2D eigenvalue weighted by Gasteiger charge is -2.09. The summed E-state index contributed by atoms with van der Waals surface area (Å²) in [6.07, 6.45) is 14.3. The Morgan fingerprint density at radius 1 is 0.226 bits per heavy atom. The number of para-hydroxylation sites is 3. The van der Waals surface area contributed by atoms with E-state index in [9.17, 15) is 0 Å². The van der Waals surface area contributed by atoms with E-state index in [1.54, 1.807) is 6.20 Å². The molecule has 0 N–H and O–H groups in total. The van der Waals surface area contributed by atoms with Crippen LogP contribution in [-0.2, 0) is 42.3 Å². The zero-order valence-electron chi connectivity index (χ0n) is 78.6. The Morgan fingerprint density at radius 2 is 0.496 bits per heavy atom. The monoisotopic (exact) mass is 1750 g/mol. The number of hydrogen-bond acceptors (Lipinski definition) is 9. The van der Waals surface area contributed by atoms with E-state index >= 15 is 0 Å². The zero-order valence-corrected chi connectivity index (χ0v) is 78.6. The SMILES string of the molecule is Cc1cc[n+](C)c(-c2c(C)ccc3c2oc2ccccc23)c1.Cc1cc[n+](C)c(-c2c(C)ccc3c2oc2ccccc23)c1.Cc1ccc2c(n1)oc1c(-c3cccc[n+]3C)c(C)ccc12.Cc1ccc2c(n1)oc1c(-c3cccc[n+]3C)c(C)ccc12.Cc1ccc2c(oc3ccccc32)c1-c1cc(C(C)C)cc[n+]1C.Cc1ccc2c(oc3ncccc32)c1-c1cccc[n+]1C. The van der Waals surface area contributed by atoms with Crippen molar-refractivity contribution in [1.29, 1.82) is 0 Å². The number of nitrogens with zero attached hydrogens (tertiary/aromatic N) is 9. The van der Waals surface area contributed by atoms with Crippen LogP contribution >= 0.6 is 0 Å². The number of aromatic nitrogens is 9. The van der Waals surface area contributed by atoms with Crippen LogP contribution < -0.4 is 27.4 Å². The van der Waals surface area contributed by atoms with Gasteiger partial charge in [-0.2, -0.15) is 0 Å².